The Bertz CT molecular complexity index is 492. The number of hydrogen-bond acceptors (Lipinski definition) is 5. The molecule has 19 heavy (non-hydrogen) atoms. The van der Waals surface area contributed by atoms with E-state index in [1.54, 1.807) is 17.5 Å². The molecule has 0 spiro atoms. The topological polar surface area (TPSA) is 101 Å². The maximum atomic E-state index is 12.3. The molecule has 1 heterocycles. The Morgan fingerprint density at radius 3 is 2.84 bits per heavy atom. The van der Waals surface area contributed by atoms with Gasteiger partial charge in [-0.2, -0.15) is 0 Å². The molecule has 6 nitrogen and oxygen atoms in total. The molecule has 1 fully saturated rings. The minimum Gasteiger partial charge on any atom is -0.409 e. The summed E-state index contributed by atoms with van der Waals surface area (Å²) < 4.78 is 0. The standard InChI is InChI=1S/C12H18N4O2S/c1-8-14-6-9(19-8)7-15-11(17)12(10(13)16-18)4-2-3-5-12/h6,18H,2-5,7H2,1H3,(H2,13,16)(H,15,17). The zero-order valence-corrected chi connectivity index (χ0v) is 11.7. The predicted octanol–water partition coefficient (Wildman–Crippen LogP) is 1.37. The average Bonchev–Trinajstić information content (AvgIpc) is 3.04. The molecule has 1 saturated carbocycles. The Hall–Kier alpha value is -1.63. The molecule has 0 aliphatic heterocycles. The molecule has 0 atom stereocenters. The SMILES string of the molecule is Cc1ncc(CNC(=O)C2(C(N)=NO)CCCC2)s1. The molecule has 104 valence electrons. The minimum atomic E-state index is -0.839. The van der Waals surface area contributed by atoms with E-state index in [1.165, 1.54) is 0 Å². The molecular formula is C12H18N4O2S. The van der Waals surface area contributed by atoms with Crippen LogP contribution >= 0.6 is 11.3 Å². The molecule has 7 heteroatoms. The number of nitrogens with zero attached hydrogens (tertiary/aromatic N) is 2. The van der Waals surface area contributed by atoms with E-state index in [0.29, 0.717) is 19.4 Å². The zero-order chi connectivity index (χ0) is 13.9. The van der Waals surface area contributed by atoms with Gasteiger partial charge in [0.1, 0.15) is 5.41 Å². The Balaban J connectivity index is 2.04. The van der Waals surface area contributed by atoms with Crippen molar-refractivity contribution in [3.63, 3.8) is 0 Å². The monoisotopic (exact) mass is 282 g/mol. The van der Waals surface area contributed by atoms with E-state index in [2.05, 4.69) is 15.5 Å². The van der Waals surface area contributed by atoms with Crippen molar-refractivity contribution in [2.24, 2.45) is 16.3 Å². The highest BCUT2D eigenvalue weighted by Crippen LogP contribution is 2.38. The minimum absolute atomic E-state index is 0.0167. The van der Waals surface area contributed by atoms with E-state index >= 15 is 0 Å². The van der Waals surface area contributed by atoms with Gasteiger partial charge in [0, 0.05) is 11.1 Å². The highest BCUT2D eigenvalue weighted by Gasteiger charge is 2.45. The summed E-state index contributed by atoms with van der Waals surface area (Å²) in [6.45, 7) is 2.36. The number of aromatic nitrogens is 1. The number of carbonyl (C=O) groups excluding carboxylic acids is 1. The normalized spacial score (nSPS) is 18.5. The van der Waals surface area contributed by atoms with Crippen LogP contribution in [-0.2, 0) is 11.3 Å². The van der Waals surface area contributed by atoms with Gasteiger partial charge < -0.3 is 16.3 Å². The van der Waals surface area contributed by atoms with Crippen molar-refractivity contribution < 1.29 is 10.0 Å². The fraction of sp³-hybridized carbons (Fsp3) is 0.583. The molecule has 0 unspecified atom stereocenters. The first-order chi connectivity index (χ1) is 9.08. The van der Waals surface area contributed by atoms with E-state index in [0.717, 1.165) is 22.7 Å². The Morgan fingerprint density at radius 2 is 2.32 bits per heavy atom. The number of amides is 1. The van der Waals surface area contributed by atoms with Gasteiger partial charge in [0.05, 0.1) is 11.6 Å². The van der Waals surface area contributed by atoms with Crippen LogP contribution in [0.4, 0.5) is 0 Å². The molecule has 4 N–H and O–H groups in total. The van der Waals surface area contributed by atoms with Gasteiger partial charge in [0.15, 0.2) is 5.84 Å². The smallest absolute Gasteiger partial charge is 0.234 e. The molecule has 0 bridgehead atoms. The second-order valence-corrected chi connectivity index (χ2v) is 6.12. The molecule has 0 saturated heterocycles. The third-order valence-electron chi connectivity index (χ3n) is 3.58. The largest absolute Gasteiger partial charge is 0.409 e. The lowest BCUT2D eigenvalue weighted by Gasteiger charge is -2.25. The summed E-state index contributed by atoms with van der Waals surface area (Å²) in [4.78, 5) is 17.5. The lowest BCUT2D eigenvalue weighted by molar-refractivity contribution is -0.127. The van der Waals surface area contributed by atoms with Gasteiger partial charge in [0.2, 0.25) is 5.91 Å². The number of nitrogens with one attached hydrogen (secondary N) is 1. The average molecular weight is 282 g/mol. The zero-order valence-electron chi connectivity index (χ0n) is 10.8. The van der Waals surface area contributed by atoms with Crippen LogP contribution in [-0.4, -0.2) is 21.9 Å². The predicted molar refractivity (Wildman–Crippen MR) is 73.0 cm³/mol. The van der Waals surface area contributed by atoms with Crippen LogP contribution in [0.1, 0.15) is 35.6 Å². The van der Waals surface area contributed by atoms with Gasteiger partial charge >= 0.3 is 0 Å². The van der Waals surface area contributed by atoms with Crippen LogP contribution in [0.25, 0.3) is 0 Å². The number of nitrogens with two attached hydrogens (primary N) is 1. The number of aryl methyl sites for hydroxylation is 1. The molecule has 1 aromatic rings. The third-order valence-corrected chi connectivity index (χ3v) is 4.49. The molecule has 1 aliphatic carbocycles. The maximum absolute atomic E-state index is 12.3. The van der Waals surface area contributed by atoms with Crippen molar-refractivity contribution in [2.45, 2.75) is 39.2 Å². The molecule has 0 radical (unpaired) electrons. The van der Waals surface area contributed by atoms with Crippen molar-refractivity contribution in [1.29, 1.82) is 0 Å². The van der Waals surface area contributed by atoms with Gasteiger partial charge in [-0.15, -0.1) is 11.3 Å². The van der Waals surface area contributed by atoms with E-state index in [9.17, 15) is 4.79 Å². The number of carbonyl (C=O) groups is 1. The first kappa shape index (κ1) is 13.8. The summed E-state index contributed by atoms with van der Waals surface area (Å²) in [7, 11) is 0. The summed E-state index contributed by atoms with van der Waals surface area (Å²) in [6, 6.07) is 0. The maximum Gasteiger partial charge on any atom is 0.234 e. The third kappa shape index (κ3) is 2.70. The van der Waals surface area contributed by atoms with Gasteiger partial charge in [-0.05, 0) is 19.8 Å². The van der Waals surface area contributed by atoms with E-state index in [1.807, 2.05) is 6.92 Å². The second-order valence-electron chi connectivity index (χ2n) is 4.80. The van der Waals surface area contributed by atoms with Crippen LogP contribution in [0.5, 0.6) is 0 Å². The van der Waals surface area contributed by atoms with E-state index < -0.39 is 5.41 Å². The van der Waals surface area contributed by atoms with Gasteiger partial charge in [-0.1, -0.05) is 18.0 Å². The number of amidine groups is 1. The van der Waals surface area contributed by atoms with Crippen LogP contribution in [0, 0.1) is 12.3 Å². The number of hydrogen-bond donors (Lipinski definition) is 3. The summed E-state index contributed by atoms with van der Waals surface area (Å²) in [6.07, 6.45) is 4.87. The summed E-state index contributed by atoms with van der Waals surface area (Å²) in [5.74, 6) is -0.144. The first-order valence-electron chi connectivity index (χ1n) is 6.26. The van der Waals surface area contributed by atoms with Crippen molar-refractivity contribution >= 4 is 23.1 Å². The molecule has 2 rings (SSSR count). The van der Waals surface area contributed by atoms with Crippen molar-refractivity contribution in [1.82, 2.24) is 10.3 Å². The Kier molecular flexibility index (Phi) is 4.04. The van der Waals surface area contributed by atoms with Gasteiger partial charge in [-0.25, -0.2) is 4.98 Å². The van der Waals surface area contributed by atoms with Crippen LogP contribution in [0.2, 0.25) is 0 Å². The van der Waals surface area contributed by atoms with Crippen molar-refractivity contribution in [3.8, 4) is 0 Å². The van der Waals surface area contributed by atoms with Crippen molar-refractivity contribution in [2.75, 3.05) is 0 Å². The van der Waals surface area contributed by atoms with E-state index in [4.69, 9.17) is 10.9 Å². The number of thiazole rings is 1. The van der Waals surface area contributed by atoms with Gasteiger partial charge in [-0.3, -0.25) is 4.79 Å². The summed E-state index contributed by atoms with van der Waals surface area (Å²) in [5, 5.41) is 15.8. The Labute approximate surface area is 115 Å². The van der Waals surface area contributed by atoms with Crippen LogP contribution < -0.4 is 11.1 Å². The summed E-state index contributed by atoms with van der Waals surface area (Å²) in [5.41, 5.74) is 4.88. The molecule has 1 aromatic heterocycles. The van der Waals surface area contributed by atoms with Crippen LogP contribution in [0.15, 0.2) is 11.4 Å². The van der Waals surface area contributed by atoms with Crippen LogP contribution in [0.3, 0.4) is 0 Å². The first-order valence-corrected chi connectivity index (χ1v) is 7.08. The van der Waals surface area contributed by atoms with Gasteiger partial charge in [0.25, 0.3) is 0 Å². The number of oxime groups is 1. The Morgan fingerprint density at radius 1 is 1.63 bits per heavy atom. The quantitative estimate of drug-likeness (QED) is 0.336. The number of rotatable bonds is 4. The fourth-order valence-electron chi connectivity index (χ4n) is 2.50. The lowest BCUT2D eigenvalue weighted by atomic mass is 9.84. The lowest BCUT2D eigenvalue weighted by Crippen LogP contribution is -2.47. The molecule has 1 amide bonds. The highest BCUT2D eigenvalue weighted by atomic mass is 32.1. The highest BCUT2D eigenvalue weighted by molar-refractivity contribution is 7.11. The molecule has 1 aliphatic rings. The van der Waals surface area contributed by atoms with Crippen molar-refractivity contribution in [3.05, 3.63) is 16.1 Å². The fourth-order valence-corrected chi connectivity index (χ4v) is 3.23. The molecular weight excluding hydrogens is 264 g/mol. The van der Waals surface area contributed by atoms with E-state index in [-0.39, 0.29) is 11.7 Å². The molecule has 0 aromatic carbocycles. The second kappa shape index (κ2) is 5.56. The summed E-state index contributed by atoms with van der Waals surface area (Å²) >= 11 is 1.55.